The third-order valence-corrected chi connectivity index (χ3v) is 7.01. The number of hydrogen-bond donors (Lipinski definition) is 2. The van der Waals surface area contributed by atoms with Gasteiger partial charge in [0.2, 0.25) is 0 Å². The van der Waals surface area contributed by atoms with E-state index in [0.717, 1.165) is 63.1 Å². The Bertz CT molecular complexity index is 799. The van der Waals surface area contributed by atoms with Crippen molar-refractivity contribution in [1.82, 2.24) is 20.5 Å². The standard InChI is InChI=1S/C23H36N6OS.HI/c1-2-24-22(25-11-10-19-18-31-23(27-19)29-14-6-7-15-29)26-17-20(21-9-8-16-30-21)28-12-4-3-5-13-28;/h8-9,16,18,20H,2-7,10-15,17H2,1H3,(H2,24,25,26);1H. The largest absolute Gasteiger partial charge is 0.468 e. The van der Waals surface area contributed by atoms with Crippen LogP contribution in [0.15, 0.2) is 33.2 Å². The number of likely N-dealkylation sites (tertiary alicyclic amines) is 1. The molecule has 2 aromatic rings. The molecule has 0 spiro atoms. The Balaban J connectivity index is 0.00000289. The van der Waals surface area contributed by atoms with Gasteiger partial charge in [0.15, 0.2) is 11.1 Å². The quantitative estimate of drug-likeness (QED) is 0.266. The van der Waals surface area contributed by atoms with Crippen molar-refractivity contribution in [3.8, 4) is 0 Å². The molecule has 0 aliphatic carbocycles. The monoisotopic (exact) mass is 572 g/mol. The molecule has 9 heteroatoms. The number of aliphatic imine (C=N–C) groups is 1. The Morgan fingerprint density at radius 3 is 2.66 bits per heavy atom. The molecule has 2 fully saturated rings. The molecule has 0 radical (unpaired) electrons. The maximum atomic E-state index is 5.76. The van der Waals surface area contributed by atoms with Crippen LogP contribution in [0, 0.1) is 0 Å². The van der Waals surface area contributed by atoms with E-state index >= 15 is 0 Å². The van der Waals surface area contributed by atoms with Crippen LogP contribution >= 0.6 is 35.3 Å². The number of aromatic nitrogens is 1. The average Bonchev–Trinajstić information content (AvgIpc) is 3.57. The number of hydrogen-bond acceptors (Lipinski definition) is 6. The van der Waals surface area contributed by atoms with Gasteiger partial charge in [-0.1, -0.05) is 6.42 Å². The van der Waals surface area contributed by atoms with Gasteiger partial charge < -0.3 is 20.0 Å². The van der Waals surface area contributed by atoms with E-state index in [4.69, 9.17) is 14.4 Å². The number of furan rings is 1. The number of rotatable bonds is 9. The molecule has 2 aliphatic heterocycles. The van der Waals surface area contributed by atoms with Gasteiger partial charge in [0, 0.05) is 38.0 Å². The predicted octanol–water partition coefficient (Wildman–Crippen LogP) is 4.28. The second kappa shape index (κ2) is 13.4. The number of nitrogens with zero attached hydrogens (tertiary/aromatic N) is 4. The lowest BCUT2D eigenvalue weighted by Crippen LogP contribution is -2.40. The minimum atomic E-state index is 0. The summed E-state index contributed by atoms with van der Waals surface area (Å²) in [5.41, 5.74) is 1.16. The molecule has 0 saturated carbocycles. The molecular formula is C23H37IN6OS. The third kappa shape index (κ3) is 7.08. The highest BCUT2D eigenvalue weighted by Gasteiger charge is 2.24. The van der Waals surface area contributed by atoms with Crippen LogP contribution in [0.3, 0.4) is 0 Å². The van der Waals surface area contributed by atoms with Crippen LogP contribution in [0.2, 0.25) is 0 Å². The molecule has 4 heterocycles. The molecule has 0 bridgehead atoms. The normalized spacial score (nSPS) is 18.4. The number of anilines is 1. The molecule has 2 saturated heterocycles. The van der Waals surface area contributed by atoms with Crippen molar-refractivity contribution in [1.29, 1.82) is 0 Å². The number of guanidine groups is 1. The van der Waals surface area contributed by atoms with Gasteiger partial charge in [0.1, 0.15) is 5.76 Å². The van der Waals surface area contributed by atoms with Crippen molar-refractivity contribution in [2.24, 2.45) is 4.99 Å². The molecule has 32 heavy (non-hydrogen) atoms. The van der Waals surface area contributed by atoms with Crippen molar-refractivity contribution in [3.63, 3.8) is 0 Å². The summed E-state index contributed by atoms with van der Waals surface area (Å²) in [6.45, 7) is 9.00. The van der Waals surface area contributed by atoms with E-state index in [-0.39, 0.29) is 30.0 Å². The third-order valence-electron chi connectivity index (χ3n) is 6.06. The van der Waals surface area contributed by atoms with Gasteiger partial charge in [0.05, 0.1) is 24.5 Å². The van der Waals surface area contributed by atoms with E-state index in [0.29, 0.717) is 6.54 Å². The zero-order chi connectivity index (χ0) is 21.3. The SMILES string of the molecule is CCNC(=NCC(c1ccco1)N1CCCCC1)NCCc1csc(N2CCCC2)n1.I. The second-order valence-corrected chi connectivity index (χ2v) is 9.18. The Hall–Kier alpha value is -1.33. The van der Waals surface area contributed by atoms with E-state index in [1.165, 1.54) is 37.2 Å². The first-order valence-corrected chi connectivity index (χ1v) is 12.7. The highest BCUT2D eigenvalue weighted by molar-refractivity contribution is 14.0. The molecule has 2 N–H and O–H groups in total. The molecule has 1 atom stereocenters. The smallest absolute Gasteiger partial charge is 0.191 e. The summed E-state index contributed by atoms with van der Waals surface area (Å²) >= 11 is 1.77. The van der Waals surface area contributed by atoms with Crippen molar-refractivity contribution < 1.29 is 4.42 Å². The lowest BCUT2D eigenvalue weighted by Gasteiger charge is -2.32. The van der Waals surface area contributed by atoms with Crippen LogP contribution in [0.1, 0.15) is 56.5 Å². The van der Waals surface area contributed by atoms with Crippen LogP contribution in [-0.4, -0.2) is 61.7 Å². The van der Waals surface area contributed by atoms with Crippen molar-refractivity contribution in [2.45, 2.75) is 51.5 Å². The van der Waals surface area contributed by atoms with Gasteiger partial charge >= 0.3 is 0 Å². The lowest BCUT2D eigenvalue weighted by atomic mass is 10.1. The highest BCUT2D eigenvalue weighted by atomic mass is 127. The number of nitrogens with one attached hydrogen (secondary N) is 2. The molecule has 7 nitrogen and oxygen atoms in total. The van der Waals surface area contributed by atoms with Crippen LogP contribution in [0.25, 0.3) is 0 Å². The van der Waals surface area contributed by atoms with Crippen molar-refractivity contribution in [3.05, 3.63) is 35.2 Å². The predicted molar refractivity (Wildman–Crippen MR) is 144 cm³/mol. The Morgan fingerprint density at radius 1 is 1.16 bits per heavy atom. The molecule has 2 aliphatic rings. The summed E-state index contributed by atoms with van der Waals surface area (Å²) in [5, 5.41) is 10.3. The highest BCUT2D eigenvalue weighted by Crippen LogP contribution is 2.26. The zero-order valence-electron chi connectivity index (χ0n) is 19.1. The van der Waals surface area contributed by atoms with Gasteiger partial charge in [-0.2, -0.15) is 0 Å². The first-order valence-electron chi connectivity index (χ1n) is 11.8. The zero-order valence-corrected chi connectivity index (χ0v) is 22.2. The summed E-state index contributed by atoms with van der Waals surface area (Å²) in [4.78, 5) is 14.7. The Labute approximate surface area is 213 Å². The van der Waals surface area contributed by atoms with E-state index in [1.54, 1.807) is 17.6 Å². The summed E-state index contributed by atoms with van der Waals surface area (Å²) in [7, 11) is 0. The van der Waals surface area contributed by atoms with Gasteiger partial charge in [-0.05, 0) is 57.8 Å². The van der Waals surface area contributed by atoms with Gasteiger partial charge in [0.25, 0.3) is 0 Å². The molecule has 178 valence electrons. The van der Waals surface area contributed by atoms with Crippen LogP contribution in [-0.2, 0) is 6.42 Å². The van der Waals surface area contributed by atoms with E-state index < -0.39 is 0 Å². The minimum absolute atomic E-state index is 0. The number of piperidine rings is 1. The Morgan fingerprint density at radius 2 is 1.94 bits per heavy atom. The van der Waals surface area contributed by atoms with Crippen LogP contribution in [0.5, 0.6) is 0 Å². The summed E-state index contributed by atoms with van der Waals surface area (Å²) in [6, 6.07) is 4.26. The molecule has 4 rings (SSSR count). The Kier molecular flexibility index (Phi) is 10.6. The topological polar surface area (TPSA) is 68.9 Å². The maximum Gasteiger partial charge on any atom is 0.191 e. The summed E-state index contributed by atoms with van der Waals surface area (Å²) < 4.78 is 5.76. The summed E-state index contributed by atoms with van der Waals surface area (Å²) in [5.74, 6) is 1.88. The first kappa shape index (κ1) is 25.3. The molecule has 0 aromatic carbocycles. The first-order chi connectivity index (χ1) is 15.3. The fourth-order valence-electron chi connectivity index (χ4n) is 4.39. The van der Waals surface area contributed by atoms with E-state index in [2.05, 4.69) is 38.8 Å². The second-order valence-electron chi connectivity index (χ2n) is 8.34. The average molecular weight is 573 g/mol. The number of halogens is 1. The van der Waals surface area contributed by atoms with Crippen LogP contribution < -0.4 is 15.5 Å². The fourth-order valence-corrected chi connectivity index (χ4v) is 5.30. The van der Waals surface area contributed by atoms with E-state index in [9.17, 15) is 0 Å². The maximum absolute atomic E-state index is 5.76. The number of thiazole rings is 1. The minimum Gasteiger partial charge on any atom is -0.468 e. The fraction of sp³-hybridized carbons (Fsp3) is 0.652. The molecule has 2 aromatic heterocycles. The van der Waals surface area contributed by atoms with Gasteiger partial charge in [-0.15, -0.1) is 35.3 Å². The molecular weight excluding hydrogens is 535 g/mol. The van der Waals surface area contributed by atoms with Gasteiger partial charge in [-0.25, -0.2) is 4.98 Å². The van der Waals surface area contributed by atoms with Crippen LogP contribution in [0.4, 0.5) is 5.13 Å². The van der Waals surface area contributed by atoms with Gasteiger partial charge in [-0.3, -0.25) is 9.89 Å². The van der Waals surface area contributed by atoms with E-state index in [1.807, 2.05) is 6.07 Å². The van der Waals surface area contributed by atoms with Crippen molar-refractivity contribution in [2.75, 3.05) is 50.7 Å². The lowest BCUT2D eigenvalue weighted by molar-refractivity contribution is 0.150. The molecule has 0 amide bonds. The van der Waals surface area contributed by atoms with Crippen molar-refractivity contribution >= 4 is 46.4 Å². The molecule has 1 unspecified atom stereocenters. The summed E-state index contributed by atoms with van der Waals surface area (Å²) in [6.07, 6.45) is 9.08.